The summed E-state index contributed by atoms with van der Waals surface area (Å²) in [5.41, 5.74) is 1.53. The first-order valence-corrected chi connectivity index (χ1v) is 10.5. The Morgan fingerprint density at radius 2 is 1.90 bits per heavy atom. The first kappa shape index (κ1) is 23.4. The number of ether oxygens (including phenoxy) is 2. The summed E-state index contributed by atoms with van der Waals surface area (Å²) in [6, 6.07) is 13.9. The zero-order valence-corrected chi connectivity index (χ0v) is 18.0. The number of carbonyl (C=O) groups is 1. The van der Waals surface area contributed by atoms with E-state index < -0.39 is 18.2 Å². The summed E-state index contributed by atoms with van der Waals surface area (Å²) in [7, 11) is 1.58. The summed E-state index contributed by atoms with van der Waals surface area (Å²) in [5.74, 6) is -0.123. The number of carbonyl (C=O) groups excluding carboxylic acids is 1. The first-order chi connectivity index (χ1) is 14.8. The van der Waals surface area contributed by atoms with Crippen molar-refractivity contribution in [2.75, 3.05) is 26.7 Å². The van der Waals surface area contributed by atoms with Gasteiger partial charge in [0.15, 0.2) is 0 Å². The number of likely N-dealkylation sites (tertiary alicyclic amines) is 1. The zero-order valence-electron chi connectivity index (χ0n) is 17.2. The molecule has 3 rings (SSSR count). The van der Waals surface area contributed by atoms with Gasteiger partial charge in [0.25, 0.3) is 0 Å². The van der Waals surface area contributed by atoms with Crippen LogP contribution in [0.4, 0.5) is 13.2 Å². The van der Waals surface area contributed by atoms with Gasteiger partial charge in [0.1, 0.15) is 5.75 Å². The van der Waals surface area contributed by atoms with Crippen molar-refractivity contribution in [3.8, 4) is 5.75 Å². The molecule has 0 saturated carbocycles. The van der Waals surface area contributed by atoms with Crippen molar-refractivity contribution in [1.82, 2.24) is 4.90 Å². The Morgan fingerprint density at radius 3 is 2.58 bits per heavy atom. The van der Waals surface area contributed by atoms with Gasteiger partial charge in [0.2, 0.25) is 6.10 Å². The first-order valence-electron chi connectivity index (χ1n) is 10.1. The predicted molar refractivity (Wildman–Crippen MR) is 113 cm³/mol. The molecule has 1 aliphatic rings. The van der Waals surface area contributed by atoms with E-state index in [2.05, 4.69) is 0 Å². The largest absolute Gasteiger partial charge is 0.496 e. The van der Waals surface area contributed by atoms with Crippen LogP contribution in [0.2, 0.25) is 5.02 Å². The Bertz CT molecular complexity index is 873. The molecule has 0 aliphatic carbocycles. The summed E-state index contributed by atoms with van der Waals surface area (Å²) >= 11 is 5.80. The van der Waals surface area contributed by atoms with Gasteiger partial charge < -0.3 is 9.47 Å². The number of piperidine rings is 1. The summed E-state index contributed by atoms with van der Waals surface area (Å²) in [6.45, 7) is 0.580. The lowest BCUT2D eigenvalue weighted by atomic mass is 9.90. The van der Waals surface area contributed by atoms with Gasteiger partial charge in [-0.3, -0.25) is 9.69 Å². The van der Waals surface area contributed by atoms with Gasteiger partial charge in [-0.25, -0.2) is 0 Å². The van der Waals surface area contributed by atoms with Crippen LogP contribution < -0.4 is 4.74 Å². The van der Waals surface area contributed by atoms with Gasteiger partial charge in [-0.05, 0) is 48.7 Å². The van der Waals surface area contributed by atoms with Gasteiger partial charge in [-0.2, -0.15) is 13.2 Å². The molecule has 0 N–H and O–H groups in total. The molecule has 2 unspecified atom stereocenters. The van der Waals surface area contributed by atoms with Gasteiger partial charge in [-0.15, -0.1) is 0 Å². The Morgan fingerprint density at radius 1 is 1.19 bits per heavy atom. The number of benzene rings is 2. The second-order valence-corrected chi connectivity index (χ2v) is 8.10. The molecule has 2 atom stereocenters. The van der Waals surface area contributed by atoms with Crippen LogP contribution in [-0.2, 0) is 16.0 Å². The lowest BCUT2D eigenvalue weighted by Gasteiger charge is -2.35. The Labute approximate surface area is 184 Å². The summed E-state index contributed by atoms with van der Waals surface area (Å²) in [5, 5.41) is 0.486. The van der Waals surface area contributed by atoms with E-state index in [1.807, 2.05) is 24.3 Å². The number of alkyl halides is 3. The summed E-state index contributed by atoms with van der Waals surface area (Å²) in [6.07, 6.45) is -5.44. The van der Waals surface area contributed by atoms with E-state index in [1.165, 1.54) is 0 Å². The van der Waals surface area contributed by atoms with Crippen molar-refractivity contribution in [3.05, 3.63) is 64.7 Å². The number of nitrogens with zero attached hydrogens (tertiary/aromatic N) is 1. The van der Waals surface area contributed by atoms with E-state index in [4.69, 9.17) is 21.1 Å². The summed E-state index contributed by atoms with van der Waals surface area (Å²) < 4.78 is 51.2. The Balaban J connectivity index is 1.64. The number of hydrogen-bond donors (Lipinski definition) is 0. The average molecular weight is 456 g/mol. The standard InChI is InChI=1S/C23H25ClF3NO3/c1-30-20-7-3-2-6-19(20)17-5-4-12-28(14-17)15-21(23(25,26)27)31-22(29)13-16-8-10-18(24)11-9-16/h2-3,6-11,17,21H,4-5,12-15H2,1H3. The number of methoxy groups -OCH3 is 1. The molecule has 168 valence electrons. The predicted octanol–water partition coefficient (Wildman–Crippen LogP) is 5.24. The van der Waals surface area contributed by atoms with Gasteiger partial charge in [0.05, 0.1) is 13.5 Å². The maximum atomic E-state index is 13.6. The fourth-order valence-electron chi connectivity index (χ4n) is 3.89. The molecule has 1 aliphatic heterocycles. The quantitative estimate of drug-likeness (QED) is 0.535. The molecular weight excluding hydrogens is 431 g/mol. The third-order valence-corrected chi connectivity index (χ3v) is 5.66. The lowest BCUT2D eigenvalue weighted by Crippen LogP contribution is -2.47. The molecule has 2 aromatic carbocycles. The molecule has 31 heavy (non-hydrogen) atoms. The molecule has 0 aromatic heterocycles. The van der Waals surface area contributed by atoms with Crippen LogP contribution in [0.15, 0.2) is 48.5 Å². The molecule has 1 fully saturated rings. The van der Waals surface area contributed by atoms with Gasteiger partial charge >= 0.3 is 12.1 Å². The minimum absolute atomic E-state index is 0.0588. The number of hydrogen-bond acceptors (Lipinski definition) is 4. The van der Waals surface area contributed by atoms with Crippen LogP contribution in [0.3, 0.4) is 0 Å². The van der Waals surface area contributed by atoms with Crippen molar-refractivity contribution in [1.29, 1.82) is 0 Å². The van der Waals surface area contributed by atoms with Crippen LogP contribution >= 0.6 is 11.6 Å². The highest BCUT2D eigenvalue weighted by atomic mass is 35.5. The summed E-state index contributed by atoms with van der Waals surface area (Å²) in [4.78, 5) is 13.9. The Kier molecular flexibility index (Phi) is 7.84. The monoisotopic (exact) mass is 455 g/mol. The third-order valence-electron chi connectivity index (χ3n) is 5.41. The minimum Gasteiger partial charge on any atom is -0.496 e. The zero-order chi connectivity index (χ0) is 22.4. The van der Waals surface area contributed by atoms with E-state index in [1.54, 1.807) is 36.3 Å². The van der Waals surface area contributed by atoms with Crippen LogP contribution in [0.1, 0.15) is 29.9 Å². The SMILES string of the molecule is COc1ccccc1C1CCCN(CC(OC(=O)Cc2ccc(Cl)cc2)C(F)(F)F)C1. The Hall–Kier alpha value is -2.25. The highest BCUT2D eigenvalue weighted by molar-refractivity contribution is 6.30. The van der Waals surface area contributed by atoms with Crippen LogP contribution in [0.5, 0.6) is 5.75 Å². The molecule has 1 heterocycles. The maximum absolute atomic E-state index is 13.6. The van der Waals surface area contributed by atoms with E-state index in [0.29, 0.717) is 23.7 Å². The number of para-hydroxylation sites is 1. The second kappa shape index (κ2) is 10.4. The third kappa shape index (κ3) is 6.61. The van der Waals surface area contributed by atoms with Crippen molar-refractivity contribution in [3.63, 3.8) is 0 Å². The van der Waals surface area contributed by atoms with E-state index in [9.17, 15) is 18.0 Å². The fraction of sp³-hybridized carbons (Fsp3) is 0.435. The van der Waals surface area contributed by atoms with Crippen molar-refractivity contribution < 1.29 is 27.4 Å². The van der Waals surface area contributed by atoms with Gasteiger partial charge in [-0.1, -0.05) is 41.9 Å². The fourth-order valence-corrected chi connectivity index (χ4v) is 4.02. The molecule has 0 radical (unpaired) electrons. The number of halogens is 4. The molecular formula is C23H25ClF3NO3. The molecule has 0 amide bonds. The van der Waals surface area contributed by atoms with Crippen LogP contribution in [0, 0.1) is 0 Å². The average Bonchev–Trinajstić information content (AvgIpc) is 2.74. The molecule has 0 spiro atoms. The van der Waals surface area contributed by atoms with Crippen molar-refractivity contribution >= 4 is 17.6 Å². The van der Waals surface area contributed by atoms with Gasteiger partial charge in [0, 0.05) is 24.0 Å². The molecule has 8 heteroatoms. The highest BCUT2D eigenvalue weighted by Crippen LogP contribution is 2.34. The minimum atomic E-state index is -4.65. The number of esters is 1. The maximum Gasteiger partial charge on any atom is 0.426 e. The number of rotatable bonds is 7. The van der Waals surface area contributed by atoms with Crippen LogP contribution in [-0.4, -0.2) is 49.9 Å². The van der Waals surface area contributed by atoms with Crippen LogP contribution in [0.25, 0.3) is 0 Å². The topological polar surface area (TPSA) is 38.8 Å². The van der Waals surface area contributed by atoms with E-state index in [-0.39, 0.29) is 18.9 Å². The molecule has 4 nitrogen and oxygen atoms in total. The van der Waals surface area contributed by atoms with Crippen molar-refractivity contribution in [2.24, 2.45) is 0 Å². The highest BCUT2D eigenvalue weighted by Gasteiger charge is 2.44. The van der Waals surface area contributed by atoms with E-state index in [0.717, 1.165) is 24.2 Å². The normalized spacial score (nSPS) is 18.4. The molecule has 1 saturated heterocycles. The molecule has 2 aromatic rings. The smallest absolute Gasteiger partial charge is 0.426 e. The van der Waals surface area contributed by atoms with Crippen molar-refractivity contribution in [2.45, 2.75) is 37.5 Å². The molecule has 0 bridgehead atoms. The second-order valence-electron chi connectivity index (χ2n) is 7.66. The van der Waals surface area contributed by atoms with E-state index >= 15 is 0 Å². The lowest BCUT2D eigenvalue weighted by molar-refractivity contribution is -0.224.